The monoisotopic (exact) mass is 365 g/mol. The lowest BCUT2D eigenvalue weighted by molar-refractivity contribution is 0.279. The Bertz CT molecular complexity index is 956. The fourth-order valence-corrected chi connectivity index (χ4v) is 3.76. The third kappa shape index (κ3) is 3.63. The van der Waals surface area contributed by atoms with E-state index in [1.807, 2.05) is 7.05 Å². The number of nitrogens with zero attached hydrogens (tertiary/aromatic N) is 3. The summed E-state index contributed by atoms with van der Waals surface area (Å²) < 4.78 is 2.10. The second kappa shape index (κ2) is 7.81. The van der Waals surface area contributed by atoms with Gasteiger partial charge in [-0.2, -0.15) is 0 Å². The maximum absolute atomic E-state index is 9.31. The molecule has 0 saturated heterocycles. The highest BCUT2D eigenvalue weighted by Crippen LogP contribution is 2.33. The van der Waals surface area contributed by atoms with Crippen molar-refractivity contribution in [2.45, 2.75) is 59.3 Å². The molecule has 0 aliphatic heterocycles. The van der Waals surface area contributed by atoms with Crippen LogP contribution in [-0.2, 0) is 13.5 Å². The van der Waals surface area contributed by atoms with E-state index in [1.54, 1.807) is 0 Å². The van der Waals surface area contributed by atoms with Crippen molar-refractivity contribution in [3.63, 3.8) is 0 Å². The molecule has 3 rings (SSSR count). The molecular formula is C23H31N3O. The van der Waals surface area contributed by atoms with Crippen LogP contribution >= 0.6 is 0 Å². The summed E-state index contributed by atoms with van der Waals surface area (Å²) in [6.45, 7) is 11.0. The third-order valence-corrected chi connectivity index (χ3v) is 5.44. The number of pyridine rings is 2. The third-order valence-electron chi connectivity index (χ3n) is 5.44. The first-order chi connectivity index (χ1) is 12.9. The van der Waals surface area contributed by atoms with E-state index >= 15 is 0 Å². The lowest BCUT2D eigenvalue weighted by atomic mass is 9.96. The van der Waals surface area contributed by atoms with E-state index in [1.165, 1.54) is 16.5 Å². The molecule has 0 aromatic carbocycles. The zero-order chi connectivity index (χ0) is 19.7. The number of aromatic nitrogens is 3. The Morgan fingerprint density at radius 3 is 2.52 bits per heavy atom. The number of hydrogen-bond acceptors (Lipinski definition) is 3. The van der Waals surface area contributed by atoms with E-state index in [-0.39, 0.29) is 6.61 Å². The van der Waals surface area contributed by atoms with Crippen LogP contribution in [0.15, 0.2) is 24.4 Å². The molecule has 1 atom stereocenters. The molecule has 0 bridgehead atoms. The fraction of sp³-hybridized carbons (Fsp3) is 0.478. The van der Waals surface area contributed by atoms with Gasteiger partial charge in [-0.1, -0.05) is 27.7 Å². The minimum Gasteiger partial charge on any atom is -0.396 e. The van der Waals surface area contributed by atoms with Crippen molar-refractivity contribution < 1.29 is 5.11 Å². The Balaban J connectivity index is 2.17. The van der Waals surface area contributed by atoms with Crippen molar-refractivity contribution in [2.24, 2.45) is 7.05 Å². The largest absolute Gasteiger partial charge is 0.396 e. The van der Waals surface area contributed by atoms with Crippen LogP contribution in [0.25, 0.3) is 22.3 Å². The van der Waals surface area contributed by atoms with Crippen molar-refractivity contribution in [3.05, 3.63) is 46.9 Å². The Hall–Kier alpha value is -2.20. The molecule has 0 spiro atoms. The van der Waals surface area contributed by atoms with Crippen molar-refractivity contribution in [1.82, 2.24) is 14.5 Å². The number of aliphatic hydroxyl groups excluding tert-OH is 1. The molecule has 3 aromatic rings. The zero-order valence-corrected chi connectivity index (χ0v) is 17.4. The minimum atomic E-state index is 0.204. The van der Waals surface area contributed by atoms with E-state index in [0.717, 1.165) is 41.1 Å². The van der Waals surface area contributed by atoms with Gasteiger partial charge in [-0.05, 0) is 60.9 Å². The highest BCUT2D eigenvalue weighted by Gasteiger charge is 2.18. The minimum absolute atomic E-state index is 0.204. The Labute approximate surface area is 162 Å². The fourth-order valence-electron chi connectivity index (χ4n) is 3.76. The van der Waals surface area contributed by atoms with Gasteiger partial charge in [0.15, 0.2) is 0 Å². The molecule has 0 aliphatic rings. The van der Waals surface area contributed by atoms with Gasteiger partial charge >= 0.3 is 0 Å². The number of rotatable bonds is 6. The molecule has 0 fully saturated rings. The van der Waals surface area contributed by atoms with Crippen LogP contribution in [-0.4, -0.2) is 26.2 Å². The number of hydrogen-bond donors (Lipinski definition) is 1. The Morgan fingerprint density at radius 2 is 1.89 bits per heavy atom. The molecule has 0 amide bonds. The van der Waals surface area contributed by atoms with Gasteiger partial charge in [0.25, 0.3) is 0 Å². The molecule has 4 heteroatoms. The molecule has 27 heavy (non-hydrogen) atoms. The van der Waals surface area contributed by atoms with Gasteiger partial charge in [-0.15, -0.1) is 0 Å². The lowest BCUT2D eigenvalue weighted by Gasteiger charge is -2.14. The van der Waals surface area contributed by atoms with Gasteiger partial charge < -0.3 is 9.67 Å². The Kier molecular flexibility index (Phi) is 5.66. The van der Waals surface area contributed by atoms with E-state index < -0.39 is 0 Å². The van der Waals surface area contributed by atoms with Crippen LogP contribution in [0.3, 0.4) is 0 Å². The van der Waals surface area contributed by atoms with Crippen molar-refractivity contribution in [3.8, 4) is 11.3 Å². The van der Waals surface area contributed by atoms with E-state index in [2.05, 4.69) is 63.6 Å². The second-order valence-corrected chi connectivity index (χ2v) is 7.87. The first-order valence-corrected chi connectivity index (χ1v) is 9.94. The molecule has 4 nitrogen and oxygen atoms in total. The Morgan fingerprint density at radius 1 is 1.15 bits per heavy atom. The van der Waals surface area contributed by atoms with Crippen molar-refractivity contribution >= 4 is 11.0 Å². The second-order valence-electron chi connectivity index (χ2n) is 7.87. The number of aliphatic hydroxyl groups is 1. The first-order valence-electron chi connectivity index (χ1n) is 9.94. The number of fused-ring (bicyclic) bond motifs is 1. The molecular weight excluding hydrogens is 334 g/mol. The van der Waals surface area contributed by atoms with Crippen molar-refractivity contribution in [2.75, 3.05) is 6.61 Å². The first kappa shape index (κ1) is 19.6. The standard InChI is InChI=1S/C23H31N3O/c1-7-20-17(8-9-21(24-20)14(2)3)22-16(5)12-18-19(15(4)10-11-27)13-26(6)23(18)25-22/h8-9,12-15,27H,7,10-11H2,1-6H3/t15-/m1/s1. The molecule has 0 radical (unpaired) electrons. The van der Waals surface area contributed by atoms with Crippen LogP contribution in [0.1, 0.15) is 68.5 Å². The highest BCUT2D eigenvalue weighted by molar-refractivity contribution is 5.85. The molecule has 144 valence electrons. The topological polar surface area (TPSA) is 50.9 Å². The predicted molar refractivity (Wildman–Crippen MR) is 112 cm³/mol. The van der Waals surface area contributed by atoms with Crippen LogP contribution in [0.4, 0.5) is 0 Å². The average molecular weight is 366 g/mol. The van der Waals surface area contributed by atoms with Gasteiger partial charge in [0.05, 0.1) is 5.69 Å². The maximum Gasteiger partial charge on any atom is 0.140 e. The van der Waals surface area contributed by atoms with Crippen molar-refractivity contribution in [1.29, 1.82) is 0 Å². The summed E-state index contributed by atoms with van der Waals surface area (Å²) in [4.78, 5) is 9.95. The molecule has 1 N–H and O–H groups in total. The summed E-state index contributed by atoms with van der Waals surface area (Å²) in [5.74, 6) is 0.730. The van der Waals surface area contributed by atoms with Gasteiger partial charge in [0.1, 0.15) is 5.65 Å². The van der Waals surface area contributed by atoms with Crippen LogP contribution in [0.5, 0.6) is 0 Å². The van der Waals surface area contributed by atoms with E-state index in [9.17, 15) is 5.11 Å². The molecule has 0 unspecified atom stereocenters. The predicted octanol–water partition coefficient (Wildman–Crippen LogP) is 5.12. The van der Waals surface area contributed by atoms with Crippen LogP contribution in [0.2, 0.25) is 0 Å². The molecule has 3 aromatic heterocycles. The normalized spacial score (nSPS) is 12.9. The lowest BCUT2D eigenvalue weighted by Crippen LogP contribution is -2.02. The summed E-state index contributed by atoms with van der Waals surface area (Å²) in [7, 11) is 2.05. The van der Waals surface area contributed by atoms with Gasteiger partial charge in [-0.25, -0.2) is 4.98 Å². The number of aryl methyl sites for hydroxylation is 3. The van der Waals surface area contributed by atoms with E-state index in [4.69, 9.17) is 9.97 Å². The molecule has 3 heterocycles. The summed E-state index contributed by atoms with van der Waals surface area (Å²) in [6, 6.07) is 6.56. The van der Waals surface area contributed by atoms with Gasteiger partial charge in [0, 0.05) is 42.2 Å². The quantitative estimate of drug-likeness (QED) is 0.660. The highest BCUT2D eigenvalue weighted by atomic mass is 16.3. The summed E-state index contributed by atoms with van der Waals surface area (Å²) in [5.41, 5.74) is 7.81. The van der Waals surface area contributed by atoms with E-state index in [0.29, 0.717) is 11.8 Å². The molecule has 0 aliphatic carbocycles. The summed E-state index contributed by atoms with van der Waals surface area (Å²) in [6.07, 6.45) is 3.81. The van der Waals surface area contributed by atoms with Gasteiger partial charge in [-0.3, -0.25) is 4.98 Å². The molecule has 0 saturated carbocycles. The summed E-state index contributed by atoms with van der Waals surface area (Å²) in [5, 5.41) is 10.5. The van der Waals surface area contributed by atoms with Gasteiger partial charge in [0.2, 0.25) is 0 Å². The summed E-state index contributed by atoms with van der Waals surface area (Å²) >= 11 is 0. The SMILES string of the molecule is CCc1nc(C(C)C)ccc1-c1nc2c(cc1C)c([C@H](C)CCO)cn2C. The zero-order valence-electron chi connectivity index (χ0n) is 17.4. The van der Waals surface area contributed by atoms with Crippen LogP contribution < -0.4 is 0 Å². The smallest absolute Gasteiger partial charge is 0.140 e. The van der Waals surface area contributed by atoms with Crippen LogP contribution in [0, 0.1) is 6.92 Å². The average Bonchev–Trinajstić information content (AvgIpc) is 2.96. The maximum atomic E-state index is 9.31.